The Kier molecular flexibility index (Phi) is 3.53. The zero-order chi connectivity index (χ0) is 17.4. The van der Waals surface area contributed by atoms with Gasteiger partial charge < -0.3 is 9.73 Å². The van der Waals surface area contributed by atoms with Crippen molar-refractivity contribution in [2.45, 2.75) is 6.92 Å². The summed E-state index contributed by atoms with van der Waals surface area (Å²) >= 11 is 0. The van der Waals surface area contributed by atoms with E-state index < -0.39 is 0 Å². The Morgan fingerprint density at radius 2 is 2.00 bits per heavy atom. The van der Waals surface area contributed by atoms with Crippen LogP contribution in [0.2, 0.25) is 0 Å². The molecule has 0 aliphatic heterocycles. The Hall–Kier alpha value is -3.48. The molecular formula is C18H13FN4O2. The number of hydrogen-bond acceptors (Lipinski definition) is 4. The second-order valence-corrected chi connectivity index (χ2v) is 5.49. The van der Waals surface area contributed by atoms with Gasteiger partial charge in [-0.2, -0.15) is 0 Å². The zero-order valence-corrected chi connectivity index (χ0v) is 13.2. The van der Waals surface area contributed by atoms with Crippen LogP contribution < -0.4 is 5.32 Å². The predicted molar refractivity (Wildman–Crippen MR) is 90.2 cm³/mol. The van der Waals surface area contributed by atoms with Crippen molar-refractivity contribution in [3.63, 3.8) is 0 Å². The number of rotatable bonds is 3. The molecule has 25 heavy (non-hydrogen) atoms. The molecule has 0 radical (unpaired) electrons. The van der Waals surface area contributed by atoms with Gasteiger partial charge in [0.25, 0.3) is 5.91 Å². The molecule has 0 unspecified atom stereocenters. The maximum Gasteiger partial charge on any atom is 0.274 e. The number of anilines is 1. The monoisotopic (exact) mass is 336 g/mol. The van der Waals surface area contributed by atoms with E-state index in [0.29, 0.717) is 34.1 Å². The van der Waals surface area contributed by atoms with Gasteiger partial charge >= 0.3 is 0 Å². The van der Waals surface area contributed by atoms with E-state index in [1.807, 2.05) is 0 Å². The molecule has 1 N–H and O–H groups in total. The molecule has 0 aliphatic carbocycles. The fourth-order valence-corrected chi connectivity index (χ4v) is 2.59. The lowest BCUT2D eigenvalue weighted by Gasteiger charge is -2.09. The number of aromatic nitrogens is 3. The number of nitrogens with one attached hydrogen (secondary N) is 1. The van der Waals surface area contributed by atoms with Gasteiger partial charge in [0.1, 0.15) is 17.0 Å². The molecule has 0 bridgehead atoms. The summed E-state index contributed by atoms with van der Waals surface area (Å²) in [6.07, 6.45) is 2.96. The second kappa shape index (κ2) is 5.86. The molecular weight excluding hydrogens is 323 g/mol. The highest BCUT2D eigenvalue weighted by atomic mass is 19.1. The van der Waals surface area contributed by atoms with Crippen molar-refractivity contribution in [3.05, 3.63) is 72.4 Å². The quantitative estimate of drug-likeness (QED) is 0.619. The van der Waals surface area contributed by atoms with E-state index in [1.54, 1.807) is 41.8 Å². The summed E-state index contributed by atoms with van der Waals surface area (Å²) in [6.45, 7) is 1.76. The van der Waals surface area contributed by atoms with E-state index in [0.717, 1.165) is 0 Å². The van der Waals surface area contributed by atoms with E-state index in [9.17, 15) is 9.18 Å². The number of aryl methyl sites for hydroxylation is 1. The highest BCUT2D eigenvalue weighted by molar-refractivity contribution is 6.04. The summed E-state index contributed by atoms with van der Waals surface area (Å²) in [4.78, 5) is 20.9. The third kappa shape index (κ3) is 2.87. The number of fused-ring (bicyclic) bond motifs is 1. The van der Waals surface area contributed by atoms with Gasteiger partial charge in [0, 0.05) is 18.3 Å². The molecule has 1 amide bonds. The number of oxazole rings is 1. The summed E-state index contributed by atoms with van der Waals surface area (Å²) in [5, 5.41) is 2.81. The fraction of sp³-hybridized carbons (Fsp3) is 0.0556. The number of imidazole rings is 1. The lowest BCUT2D eigenvalue weighted by molar-refractivity contribution is 0.102. The van der Waals surface area contributed by atoms with Crippen molar-refractivity contribution in [1.29, 1.82) is 0 Å². The Morgan fingerprint density at radius 3 is 2.80 bits per heavy atom. The normalized spacial score (nSPS) is 11.0. The zero-order valence-electron chi connectivity index (χ0n) is 13.2. The first kappa shape index (κ1) is 15.1. The SMILES string of the molecule is Cc1nc2cc(NC(=O)c3cncn3-c3ccc(F)cc3)ccc2o1. The minimum absolute atomic E-state index is 0.332. The van der Waals surface area contributed by atoms with E-state index in [-0.39, 0.29) is 11.7 Å². The van der Waals surface area contributed by atoms with Crippen molar-refractivity contribution in [2.75, 3.05) is 5.32 Å². The molecule has 124 valence electrons. The largest absolute Gasteiger partial charge is 0.441 e. The Morgan fingerprint density at radius 1 is 1.20 bits per heavy atom. The highest BCUT2D eigenvalue weighted by Crippen LogP contribution is 2.20. The van der Waals surface area contributed by atoms with Gasteiger partial charge in [0.2, 0.25) is 0 Å². The number of amides is 1. The molecule has 4 aromatic rings. The summed E-state index contributed by atoms with van der Waals surface area (Å²) in [5.41, 5.74) is 2.90. The maximum absolute atomic E-state index is 13.1. The summed E-state index contributed by atoms with van der Waals surface area (Å²) in [5.74, 6) is -0.111. The average molecular weight is 336 g/mol. The van der Waals surface area contributed by atoms with Crippen LogP contribution >= 0.6 is 0 Å². The number of hydrogen-bond donors (Lipinski definition) is 1. The smallest absolute Gasteiger partial charge is 0.274 e. The molecule has 4 rings (SSSR count). The van der Waals surface area contributed by atoms with Gasteiger partial charge in [-0.1, -0.05) is 0 Å². The molecule has 0 saturated carbocycles. The van der Waals surface area contributed by atoms with Crippen LogP contribution in [0.15, 0.2) is 59.4 Å². The Bertz CT molecular complexity index is 1070. The standard InChI is InChI=1S/C18H13FN4O2/c1-11-21-15-8-13(4-7-17(15)25-11)22-18(24)16-9-20-10-23(16)14-5-2-12(19)3-6-14/h2-10H,1H3,(H,22,24). The van der Waals surface area contributed by atoms with E-state index >= 15 is 0 Å². The van der Waals surface area contributed by atoms with Gasteiger partial charge in [-0.15, -0.1) is 0 Å². The first-order chi connectivity index (χ1) is 12.1. The topological polar surface area (TPSA) is 73.0 Å². The van der Waals surface area contributed by atoms with Crippen molar-refractivity contribution < 1.29 is 13.6 Å². The first-order valence-corrected chi connectivity index (χ1v) is 7.57. The van der Waals surface area contributed by atoms with Crippen LogP contribution in [0.1, 0.15) is 16.4 Å². The van der Waals surface area contributed by atoms with Crippen LogP contribution in [0.25, 0.3) is 16.8 Å². The van der Waals surface area contributed by atoms with Gasteiger partial charge in [-0.05, 0) is 42.5 Å². The number of benzene rings is 2. The molecule has 2 aromatic carbocycles. The number of carbonyl (C=O) groups excluding carboxylic acids is 1. The number of halogens is 1. The number of carbonyl (C=O) groups is 1. The second-order valence-electron chi connectivity index (χ2n) is 5.49. The van der Waals surface area contributed by atoms with Gasteiger partial charge in [0.15, 0.2) is 11.5 Å². The molecule has 7 heteroatoms. The summed E-state index contributed by atoms with van der Waals surface area (Å²) in [6, 6.07) is 11.1. The third-order valence-electron chi connectivity index (χ3n) is 3.73. The van der Waals surface area contributed by atoms with Crippen LogP contribution in [0, 0.1) is 12.7 Å². The van der Waals surface area contributed by atoms with Crippen LogP contribution in [0.3, 0.4) is 0 Å². The molecule has 0 saturated heterocycles. The minimum atomic E-state index is -0.342. The van der Waals surface area contributed by atoms with Crippen molar-refractivity contribution in [3.8, 4) is 5.69 Å². The summed E-state index contributed by atoms with van der Waals surface area (Å²) < 4.78 is 20.1. The van der Waals surface area contributed by atoms with Gasteiger partial charge in [0.05, 0.1) is 12.5 Å². The van der Waals surface area contributed by atoms with E-state index in [2.05, 4.69) is 15.3 Å². The van der Waals surface area contributed by atoms with Crippen molar-refractivity contribution in [2.24, 2.45) is 0 Å². The molecule has 0 aliphatic rings. The van der Waals surface area contributed by atoms with Gasteiger partial charge in [-0.25, -0.2) is 14.4 Å². The number of nitrogens with zero attached hydrogens (tertiary/aromatic N) is 3. The molecule has 6 nitrogen and oxygen atoms in total. The maximum atomic E-state index is 13.1. The molecule has 0 fully saturated rings. The third-order valence-corrected chi connectivity index (χ3v) is 3.73. The molecule has 2 heterocycles. The molecule has 0 spiro atoms. The average Bonchev–Trinajstić information content (AvgIpc) is 3.21. The predicted octanol–water partition coefficient (Wildman–Crippen LogP) is 3.71. The van der Waals surface area contributed by atoms with Gasteiger partial charge in [-0.3, -0.25) is 9.36 Å². The first-order valence-electron chi connectivity index (χ1n) is 7.57. The van der Waals surface area contributed by atoms with Crippen LogP contribution in [0.5, 0.6) is 0 Å². The summed E-state index contributed by atoms with van der Waals surface area (Å²) in [7, 11) is 0. The van der Waals surface area contributed by atoms with E-state index in [1.165, 1.54) is 24.7 Å². The molecule has 0 atom stereocenters. The Labute approximate surface area is 141 Å². The fourth-order valence-electron chi connectivity index (χ4n) is 2.59. The van der Waals surface area contributed by atoms with Crippen LogP contribution in [-0.2, 0) is 0 Å². The highest BCUT2D eigenvalue weighted by Gasteiger charge is 2.14. The van der Waals surface area contributed by atoms with Crippen LogP contribution in [-0.4, -0.2) is 20.4 Å². The molecule has 2 aromatic heterocycles. The lowest BCUT2D eigenvalue weighted by atomic mass is 10.2. The van der Waals surface area contributed by atoms with Crippen molar-refractivity contribution >= 4 is 22.7 Å². The van der Waals surface area contributed by atoms with Crippen molar-refractivity contribution in [1.82, 2.24) is 14.5 Å². The van der Waals surface area contributed by atoms with E-state index in [4.69, 9.17) is 4.42 Å². The van der Waals surface area contributed by atoms with Crippen LogP contribution in [0.4, 0.5) is 10.1 Å². The Balaban J connectivity index is 1.62. The minimum Gasteiger partial charge on any atom is -0.441 e. The lowest BCUT2D eigenvalue weighted by Crippen LogP contribution is -2.16.